The Morgan fingerprint density at radius 2 is 1.94 bits per heavy atom. The van der Waals surface area contributed by atoms with Gasteiger partial charge >= 0.3 is 0 Å². The van der Waals surface area contributed by atoms with E-state index in [-0.39, 0.29) is 18.1 Å². The molecule has 4 heteroatoms. The number of carbonyl (C=O) groups is 1. The van der Waals surface area contributed by atoms with Gasteiger partial charge in [0.15, 0.2) is 0 Å². The van der Waals surface area contributed by atoms with Gasteiger partial charge in [0, 0.05) is 25.6 Å². The van der Waals surface area contributed by atoms with Crippen molar-refractivity contribution in [3.8, 4) is 0 Å². The van der Waals surface area contributed by atoms with Gasteiger partial charge < -0.3 is 15.8 Å². The van der Waals surface area contributed by atoms with Gasteiger partial charge in [-0.25, -0.2) is 0 Å². The summed E-state index contributed by atoms with van der Waals surface area (Å²) < 4.78 is 5.37. The standard InChI is InChI=1S/C12H26N2O2/c1-9(2)11(13)8-12(15)14-6-5-7-16-10(3)4/h9-11H,5-8,13H2,1-4H3,(H,14,15). The third-order valence-electron chi connectivity index (χ3n) is 2.37. The van der Waals surface area contributed by atoms with Gasteiger partial charge in [-0.05, 0) is 26.2 Å². The number of hydrogen-bond acceptors (Lipinski definition) is 3. The summed E-state index contributed by atoms with van der Waals surface area (Å²) in [6, 6.07) is -0.0492. The average molecular weight is 230 g/mol. The van der Waals surface area contributed by atoms with Crippen LogP contribution < -0.4 is 11.1 Å². The van der Waals surface area contributed by atoms with Gasteiger partial charge in [-0.3, -0.25) is 4.79 Å². The van der Waals surface area contributed by atoms with Crippen LogP contribution in [0.5, 0.6) is 0 Å². The van der Waals surface area contributed by atoms with Crippen LogP contribution in [0.15, 0.2) is 0 Å². The predicted molar refractivity (Wildman–Crippen MR) is 66.1 cm³/mol. The maximum Gasteiger partial charge on any atom is 0.221 e. The van der Waals surface area contributed by atoms with Gasteiger partial charge in [-0.1, -0.05) is 13.8 Å². The largest absolute Gasteiger partial charge is 0.379 e. The molecule has 16 heavy (non-hydrogen) atoms. The molecular weight excluding hydrogens is 204 g/mol. The first kappa shape index (κ1) is 15.4. The van der Waals surface area contributed by atoms with Gasteiger partial charge in [0.1, 0.15) is 0 Å². The summed E-state index contributed by atoms with van der Waals surface area (Å²) >= 11 is 0. The molecular formula is C12H26N2O2. The molecule has 0 saturated heterocycles. The Morgan fingerprint density at radius 1 is 1.31 bits per heavy atom. The van der Waals surface area contributed by atoms with Crippen molar-refractivity contribution in [2.45, 2.75) is 52.7 Å². The van der Waals surface area contributed by atoms with Crippen molar-refractivity contribution in [3.63, 3.8) is 0 Å². The quantitative estimate of drug-likeness (QED) is 0.618. The lowest BCUT2D eigenvalue weighted by atomic mass is 10.0. The lowest BCUT2D eigenvalue weighted by molar-refractivity contribution is -0.121. The Hall–Kier alpha value is -0.610. The van der Waals surface area contributed by atoms with E-state index in [1.165, 1.54) is 0 Å². The van der Waals surface area contributed by atoms with Gasteiger partial charge in [0.05, 0.1) is 6.10 Å². The van der Waals surface area contributed by atoms with E-state index in [1.54, 1.807) is 0 Å². The molecule has 0 saturated carbocycles. The van der Waals surface area contributed by atoms with Crippen molar-refractivity contribution in [1.29, 1.82) is 0 Å². The Balaban J connectivity index is 3.44. The van der Waals surface area contributed by atoms with Crippen LogP contribution in [0.25, 0.3) is 0 Å². The molecule has 0 spiro atoms. The zero-order valence-corrected chi connectivity index (χ0v) is 11.0. The topological polar surface area (TPSA) is 64.3 Å². The van der Waals surface area contributed by atoms with Crippen LogP contribution in [0, 0.1) is 5.92 Å². The van der Waals surface area contributed by atoms with Crippen LogP contribution in [0.3, 0.4) is 0 Å². The van der Waals surface area contributed by atoms with Gasteiger partial charge in [0.2, 0.25) is 5.91 Å². The Labute approximate surface area is 98.9 Å². The van der Waals surface area contributed by atoms with Crippen LogP contribution in [0.2, 0.25) is 0 Å². The second kappa shape index (κ2) is 8.53. The molecule has 0 rings (SSSR count). The molecule has 4 nitrogen and oxygen atoms in total. The molecule has 0 aliphatic rings. The Morgan fingerprint density at radius 3 is 2.44 bits per heavy atom. The van der Waals surface area contributed by atoms with E-state index in [4.69, 9.17) is 10.5 Å². The summed E-state index contributed by atoms with van der Waals surface area (Å²) in [7, 11) is 0. The molecule has 0 aromatic carbocycles. The summed E-state index contributed by atoms with van der Waals surface area (Å²) in [6.07, 6.45) is 1.51. The van der Waals surface area contributed by atoms with Crippen LogP contribution >= 0.6 is 0 Å². The van der Waals surface area contributed by atoms with Gasteiger partial charge in [-0.2, -0.15) is 0 Å². The van der Waals surface area contributed by atoms with Crippen molar-refractivity contribution in [2.75, 3.05) is 13.2 Å². The number of nitrogens with one attached hydrogen (secondary N) is 1. The third-order valence-corrected chi connectivity index (χ3v) is 2.37. The highest BCUT2D eigenvalue weighted by atomic mass is 16.5. The molecule has 0 aliphatic heterocycles. The number of hydrogen-bond donors (Lipinski definition) is 2. The molecule has 0 radical (unpaired) electrons. The predicted octanol–water partition coefficient (Wildman–Crippen LogP) is 1.29. The molecule has 0 aliphatic carbocycles. The van der Waals surface area contributed by atoms with E-state index in [2.05, 4.69) is 5.32 Å². The minimum absolute atomic E-state index is 0.0331. The first-order chi connectivity index (χ1) is 7.43. The van der Waals surface area contributed by atoms with E-state index in [0.29, 0.717) is 25.5 Å². The first-order valence-electron chi connectivity index (χ1n) is 6.07. The molecule has 0 aromatic heterocycles. The lowest BCUT2D eigenvalue weighted by Crippen LogP contribution is -2.35. The Bertz CT molecular complexity index is 193. The first-order valence-corrected chi connectivity index (χ1v) is 6.07. The molecule has 1 atom stereocenters. The van der Waals surface area contributed by atoms with Gasteiger partial charge in [-0.15, -0.1) is 0 Å². The Kier molecular flexibility index (Phi) is 8.21. The number of carbonyl (C=O) groups excluding carboxylic acids is 1. The second-order valence-corrected chi connectivity index (χ2v) is 4.74. The molecule has 0 heterocycles. The number of ether oxygens (including phenoxy) is 1. The van der Waals surface area contributed by atoms with Crippen LogP contribution in [-0.4, -0.2) is 31.2 Å². The van der Waals surface area contributed by atoms with Crippen LogP contribution in [0.1, 0.15) is 40.5 Å². The summed E-state index contributed by atoms with van der Waals surface area (Å²) in [5.74, 6) is 0.376. The molecule has 1 amide bonds. The highest BCUT2D eigenvalue weighted by molar-refractivity contribution is 5.76. The minimum Gasteiger partial charge on any atom is -0.379 e. The van der Waals surface area contributed by atoms with E-state index < -0.39 is 0 Å². The molecule has 0 bridgehead atoms. The third kappa shape index (κ3) is 8.68. The summed E-state index contributed by atoms with van der Waals surface area (Å²) in [5.41, 5.74) is 5.80. The fourth-order valence-corrected chi connectivity index (χ4v) is 1.14. The van der Waals surface area contributed by atoms with Crippen molar-refractivity contribution >= 4 is 5.91 Å². The lowest BCUT2D eigenvalue weighted by Gasteiger charge is -2.15. The summed E-state index contributed by atoms with van der Waals surface area (Å²) in [4.78, 5) is 11.4. The van der Waals surface area contributed by atoms with Crippen molar-refractivity contribution < 1.29 is 9.53 Å². The smallest absolute Gasteiger partial charge is 0.221 e. The zero-order valence-electron chi connectivity index (χ0n) is 11.0. The van der Waals surface area contributed by atoms with E-state index >= 15 is 0 Å². The fraction of sp³-hybridized carbons (Fsp3) is 0.917. The monoisotopic (exact) mass is 230 g/mol. The van der Waals surface area contributed by atoms with E-state index in [9.17, 15) is 4.79 Å². The average Bonchev–Trinajstić information content (AvgIpc) is 2.16. The van der Waals surface area contributed by atoms with Crippen molar-refractivity contribution in [1.82, 2.24) is 5.32 Å². The maximum absolute atomic E-state index is 11.4. The minimum atomic E-state index is -0.0492. The molecule has 96 valence electrons. The van der Waals surface area contributed by atoms with Crippen LogP contribution in [0.4, 0.5) is 0 Å². The summed E-state index contributed by atoms with van der Waals surface area (Å²) in [5, 5.41) is 2.84. The normalized spacial score (nSPS) is 13.2. The van der Waals surface area contributed by atoms with Crippen molar-refractivity contribution in [2.24, 2.45) is 11.7 Å². The number of amides is 1. The van der Waals surface area contributed by atoms with Crippen LogP contribution in [-0.2, 0) is 9.53 Å². The molecule has 0 fully saturated rings. The highest BCUT2D eigenvalue weighted by Gasteiger charge is 2.12. The zero-order chi connectivity index (χ0) is 12.6. The molecule has 3 N–H and O–H groups in total. The van der Waals surface area contributed by atoms with Crippen molar-refractivity contribution in [3.05, 3.63) is 0 Å². The highest BCUT2D eigenvalue weighted by Crippen LogP contribution is 2.02. The maximum atomic E-state index is 11.4. The molecule has 0 aromatic rings. The number of rotatable bonds is 8. The SMILES string of the molecule is CC(C)OCCCNC(=O)CC(N)C(C)C. The van der Waals surface area contributed by atoms with Gasteiger partial charge in [0.25, 0.3) is 0 Å². The second-order valence-electron chi connectivity index (χ2n) is 4.74. The van der Waals surface area contributed by atoms with E-state index in [0.717, 1.165) is 6.42 Å². The summed E-state index contributed by atoms with van der Waals surface area (Å²) in [6.45, 7) is 9.40. The molecule has 1 unspecified atom stereocenters. The fourth-order valence-electron chi connectivity index (χ4n) is 1.14. The number of nitrogens with two attached hydrogens (primary N) is 1. The van der Waals surface area contributed by atoms with E-state index in [1.807, 2.05) is 27.7 Å².